The van der Waals surface area contributed by atoms with Crippen LogP contribution in [0.1, 0.15) is 5.48 Å². The molecule has 10 rings (SSSR count). The molecule has 4 nitrogen and oxygen atoms in total. The van der Waals surface area contributed by atoms with Crippen molar-refractivity contribution in [1.29, 1.82) is 0 Å². The van der Waals surface area contributed by atoms with Crippen molar-refractivity contribution in [1.82, 2.24) is 19.1 Å². The summed E-state index contributed by atoms with van der Waals surface area (Å²) in [6.45, 7) is 0. The van der Waals surface area contributed by atoms with E-state index in [1.807, 2.05) is 53.1 Å². The van der Waals surface area contributed by atoms with Gasteiger partial charge in [-0.1, -0.05) is 84.9 Å². The monoisotopic (exact) mass is 596 g/mol. The van der Waals surface area contributed by atoms with E-state index in [4.69, 9.17) is 14.1 Å². The van der Waals surface area contributed by atoms with Crippen LogP contribution >= 0.6 is 11.3 Å². The third kappa shape index (κ3) is 3.53. The zero-order chi connectivity index (χ0) is 33.0. The van der Waals surface area contributed by atoms with E-state index >= 15 is 0 Å². The Balaban J connectivity index is 1.26. The number of para-hydroxylation sites is 5. The maximum absolute atomic E-state index is 9.19. The van der Waals surface area contributed by atoms with E-state index in [0.29, 0.717) is 5.69 Å². The van der Waals surface area contributed by atoms with E-state index in [1.165, 1.54) is 10.8 Å². The predicted molar refractivity (Wildman–Crippen MR) is 189 cm³/mol. The van der Waals surface area contributed by atoms with Crippen LogP contribution in [0.3, 0.4) is 0 Å². The highest BCUT2D eigenvalue weighted by atomic mass is 32.1. The Morgan fingerprint density at radius 3 is 1.73 bits per heavy atom. The van der Waals surface area contributed by atoms with E-state index in [9.17, 15) is 1.37 Å². The average molecular weight is 597 g/mol. The highest BCUT2D eigenvalue weighted by Crippen LogP contribution is 2.39. The normalized spacial score (nSPS) is 13.2. The molecule has 0 aliphatic heterocycles. The van der Waals surface area contributed by atoms with Gasteiger partial charge in [-0.15, -0.1) is 11.3 Å². The van der Waals surface area contributed by atoms with Crippen LogP contribution < -0.4 is 0 Å². The van der Waals surface area contributed by atoms with Gasteiger partial charge in [0.2, 0.25) is 0 Å². The lowest BCUT2D eigenvalue weighted by atomic mass is 10.1. The summed E-state index contributed by atoms with van der Waals surface area (Å²) in [7, 11) is 0. The van der Waals surface area contributed by atoms with Gasteiger partial charge in [0.05, 0.1) is 43.5 Å². The van der Waals surface area contributed by atoms with Crippen LogP contribution in [0.4, 0.5) is 0 Å². The molecule has 0 saturated carbocycles. The van der Waals surface area contributed by atoms with Gasteiger partial charge in [-0.25, -0.2) is 9.97 Å². The first-order chi connectivity index (χ1) is 24.0. The fraction of sp³-hybridized carbons (Fsp3) is 0. The van der Waals surface area contributed by atoms with Crippen molar-refractivity contribution in [2.45, 2.75) is 0 Å². The zero-order valence-electron chi connectivity index (χ0n) is 27.7. The minimum absolute atomic E-state index is 0.143. The lowest BCUT2D eigenvalue weighted by Gasteiger charge is -2.13. The second-order valence-electron chi connectivity index (χ2n) is 11.2. The van der Waals surface area contributed by atoms with Crippen molar-refractivity contribution in [2.24, 2.45) is 0 Å². The number of rotatable bonds is 3. The van der Waals surface area contributed by atoms with Gasteiger partial charge >= 0.3 is 0 Å². The molecule has 0 aliphatic rings. The Bertz CT molecular complexity index is 2900. The van der Waals surface area contributed by atoms with E-state index in [0.717, 1.165) is 58.8 Å². The number of thiophene rings is 1. The Hall–Kier alpha value is -5.78. The highest BCUT2D eigenvalue weighted by Gasteiger charge is 2.18. The smallest absolute Gasteiger partial charge is 0.161 e. The molecule has 0 amide bonds. The quantitative estimate of drug-likeness (QED) is 0.203. The first kappa shape index (κ1) is 21.0. The third-order valence-corrected chi connectivity index (χ3v) is 9.82. The summed E-state index contributed by atoms with van der Waals surface area (Å²) in [5.41, 5.74) is 6.26. The summed E-state index contributed by atoms with van der Waals surface area (Å²) in [6.07, 6.45) is 1.78. The number of nitrogens with zero attached hydrogens (tertiary/aromatic N) is 4. The van der Waals surface area contributed by atoms with Crippen LogP contribution in [0, 0.1) is 0 Å². The van der Waals surface area contributed by atoms with Gasteiger partial charge in [0.1, 0.15) is 0 Å². The summed E-state index contributed by atoms with van der Waals surface area (Å²) in [5.74, 6) is 0.248. The lowest BCUT2D eigenvalue weighted by molar-refractivity contribution is 1.15. The van der Waals surface area contributed by atoms with Crippen LogP contribution in [0.2, 0.25) is 0 Å². The first-order valence-electron chi connectivity index (χ1n) is 16.8. The van der Waals surface area contributed by atoms with Gasteiger partial charge in [0.15, 0.2) is 5.82 Å². The van der Waals surface area contributed by atoms with Gasteiger partial charge in [-0.2, -0.15) is 0 Å². The first-order valence-corrected chi connectivity index (χ1v) is 15.6. The fourth-order valence-electron chi connectivity index (χ4n) is 6.81. The highest BCUT2D eigenvalue weighted by molar-refractivity contribution is 7.25. The molecular weight excluding hydrogens is 569 g/mol. The standard InChI is InChI=1S/C40H24N4S/c1-6-16-32-26(11-1)27-12-2-7-17-33(27)43(32)25-21-22-37-31(23-25)39-38(45-37)24-41-40(42-39)30-15-5-10-20-36(30)44-34-18-8-3-13-28(34)29-14-4-9-19-35(29)44/h1-24H/i5D,10D,15D,20D. The molecule has 0 radical (unpaired) electrons. The number of hydrogen-bond acceptors (Lipinski definition) is 3. The zero-order valence-corrected chi connectivity index (χ0v) is 24.6. The number of benzene rings is 6. The van der Waals surface area contributed by atoms with Crippen LogP contribution in [0.5, 0.6) is 0 Å². The molecule has 0 saturated heterocycles. The van der Waals surface area contributed by atoms with Crippen LogP contribution in [-0.2, 0) is 0 Å². The summed E-state index contributed by atoms with van der Waals surface area (Å²) in [4.78, 5) is 9.88. The second kappa shape index (κ2) is 9.36. The molecule has 0 bridgehead atoms. The molecule has 5 heteroatoms. The molecule has 0 unspecified atom stereocenters. The molecule has 0 spiro atoms. The van der Waals surface area contributed by atoms with Crippen molar-refractivity contribution in [3.63, 3.8) is 0 Å². The predicted octanol–water partition coefficient (Wildman–Crippen LogP) is 10.7. The molecule has 4 heterocycles. The maximum atomic E-state index is 9.19. The summed E-state index contributed by atoms with van der Waals surface area (Å²) in [6, 6.07) is 38.2. The summed E-state index contributed by atoms with van der Waals surface area (Å²) < 4.78 is 41.9. The molecular formula is C40H24N4S. The Kier molecular flexibility index (Phi) is 4.37. The van der Waals surface area contributed by atoms with Gasteiger partial charge in [0, 0.05) is 49.1 Å². The summed E-state index contributed by atoms with van der Waals surface area (Å²) >= 11 is 1.61. The summed E-state index contributed by atoms with van der Waals surface area (Å²) in [5, 5.41) is 5.33. The minimum atomic E-state index is -0.322. The molecule has 210 valence electrons. The van der Waals surface area contributed by atoms with Crippen molar-refractivity contribution in [3.05, 3.63) is 146 Å². The maximum Gasteiger partial charge on any atom is 0.161 e. The van der Waals surface area contributed by atoms with Crippen molar-refractivity contribution in [2.75, 3.05) is 0 Å². The number of aromatic nitrogens is 4. The Labute approximate surface area is 267 Å². The third-order valence-electron chi connectivity index (χ3n) is 8.73. The van der Waals surface area contributed by atoms with Gasteiger partial charge in [-0.3, -0.25) is 0 Å². The van der Waals surface area contributed by atoms with Crippen LogP contribution in [0.25, 0.3) is 86.7 Å². The van der Waals surface area contributed by atoms with Crippen molar-refractivity contribution in [3.8, 4) is 22.8 Å². The molecule has 0 atom stereocenters. The molecule has 45 heavy (non-hydrogen) atoms. The molecule has 4 aromatic heterocycles. The molecule has 0 fully saturated rings. The average Bonchev–Trinajstić information content (AvgIpc) is 3.79. The van der Waals surface area contributed by atoms with E-state index < -0.39 is 0 Å². The molecule has 10 aromatic rings. The minimum Gasteiger partial charge on any atom is -0.309 e. The topological polar surface area (TPSA) is 35.6 Å². The largest absolute Gasteiger partial charge is 0.309 e. The Morgan fingerprint density at radius 2 is 1.11 bits per heavy atom. The van der Waals surface area contributed by atoms with Crippen LogP contribution in [0.15, 0.2) is 146 Å². The van der Waals surface area contributed by atoms with Crippen molar-refractivity contribution >= 4 is 75.3 Å². The van der Waals surface area contributed by atoms with Crippen LogP contribution in [-0.4, -0.2) is 19.1 Å². The van der Waals surface area contributed by atoms with Gasteiger partial charge in [0.25, 0.3) is 0 Å². The van der Waals surface area contributed by atoms with E-state index in [-0.39, 0.29) is 35.6 Å². The second-order valence-corrected chi connectivity index (χ2v) is 12.2. The molecule has 0 aliphatic carbocycles. The van der Waals surface area contributed by atoms with Gasteiger partial charge < -0.3 is 9.13 Å². The van der Waals surface area contributed by atoms with E-state index in [2.05, 4.69) is 71.3 Å². The number of hydrogen-bond donors (Lipinski definition) is 0. The molecule has 6 aromatic carbocycles. The fourth-order valence-corrected chi connectivity index (χ4v) is 7.80. The lowest BCUT2D eigenvalue weighted by Crippen LogP contribution is -1.99. The number of fused-ring (bicyclic) bond motifs is 9. The molecule has 0 N–H and O–H groups in total. The Morgan fingerprint density at radius 1 is 0.556 bits per heavy atom. The van der Waals surface area contributed by atoms with E-state index in [1.54, 1.807) is 17.5 Å². The van der Waals surface area contributed by atoms with Gasteiger partial charge in [-0.05, 0) is 54.5 Å². The SMILES string of the molecule is [2H]c1c([2H])c([2H])c(-n2c3ccccc3c3ccccc32)c(-c2ncc3sc4ccc(-n5c6ccccc6c6ccccc65)cc4c3n2)c1[2H]. The van der Waals surface area contributed by atoms with Crippen molar-refractivity contribution < 1.29 is 5.48 Å².